The van der Waals surface area contributed by atoms with Crippen molar-refractivity contribution in [3.05, 3.63) is 35.2 Å². The van der Waals surface area contributed by atoms with Crippen LogP contribution >= 0.6 is 11.6 Å². The van der Waals surface area contributed by atoms with Gasteiger partial charge in [-0.05, 0) is 19.1 Å². The summed E-state index contributed by atoms with van der Waals surface area (Å²) in [6, 6.07) is 3.52. The third kappa shape index (κ3) is 1.53. The van der Waals surface area contributed by atoms with Crippen LogP contribution in [0.25, 0.3) is 5.82 Å². The molecule has 0 N–H and O–H groups in total. The summed E-state index contributed by atoms with van der Waals surface area (Å²) < 4.78 is 0. The fraction of sp³-hybridized carbons (Fsp3) is 0.125. The van der Waals surface area contributed by atoms with E-state index in [1.807, 2.05) is 6.92 Å². The molecule has 2 aromatic heterocycles. The molecule has 2 aromatic rings. The van der Waals surface area contributed by atoms with E-state index in [0.717, 1.165) is 5.69 Å². The maximum atomic E-state index is 5.90. The lowest BCUT2D eigenvalue weighted by Gasteiger charge is -1.98. The van der Waals surface area contributed by atoms with Gasteiger partial charge in [-0.15, -0.1) is 4.80 Å². The van der Waals surface area contributed by atoms with E-state index in [1.54, 1.807) is 24.5 Å². The summed E-state index contributed by atoms with van der Waals surface area (Å²) in [5.74, 6) is 0.553. The maximum Gasteiger partial charge on any atom is 0.193 e. The molecule has 13 heavy (non-hydrogen) atoms. The largest absolute Gasteiger partial charge is 0.234 e. The van der Waals surface area contributed by atoms with Crippen molar-refractivity contribution >= 4 is 11.6 Å². The van der Waals surface area contributed by atoms with E-state index in [-0.39, 0.29) is 0 Å². The summed E-state index contributed by atoms with van der Waals surface area (Å²) in [5, 5.41) is 8.65. The molecule has 0 radical (unpaired) electrons. The van der Waals surface area contributed by atoms with Gasteiger partial charge in [-0.25, -0.2) is 4.98 Å². The summed E-state index contributed by atoms with van der Waals surface area (Å²) in [5.41, 5.74) is 0.835. The molecular weight excluding hydrogens is 188 g/mol. The predicted octanol–water partition coefficient (Wildman–Crippen LogP) is 1.62. The van der Waals surface area contributed by atoms with Crippen molar-refractivity contribution in [3.63, 3.8) is 0 Å². The van der Waals surface area contributed by atoms with Crippen molar-refractivity contribution in [1.29, 1.82) is 0 Å². The Labute approximate surface area is 80.2 Å². The van der Waals surface area contributed by atoms with Crippen LogP contribution in [0.1, 0.15) is 5.69 Å². The highest BCUT2D eigenvalue weighted by Gasteiger charge is 2.04. The number of halogens is 1. The average Bonchev–Trinajstić information content (AvgIpc) is 2.53. The Morgan fingerprint density at radius 1 is 1.46 bits per heavy atom. The van der Waals surface area contributed by atoms with Gasteiger partial charge in [0.15, 0.2) is 5.82 Å². The van der Waals surface area contributed by atoms with Crippen LogP contribution in [0.2, 0.25) is 5.02 Å². The SMILES string of the molecule is Cc1cnn(-c2ncccc2Cl)n1. The summed E-state index contributed by atoms with van der Waals surface area (Å²) in [7, 11) is 0. The van der Waals surface area contributed by atoms with Crippen LogP contribution in [0.4, 0.5) is 0 Å². The number of nitrogens with zero attached hydrogens (tertiary/aromatic N) is 4. The molecule has 0 amide bonds. The van der Waals surface area contributed by atoms with Crippen LogP contribution in [0.15, 0.2) is 24.5 Å². The molecule has 0 spiro atoms. The van der Waals surface area contributed by atoms with Crippen molar-refractivity contribution < 1.29 is 0 Å². The van der Waals surface area contributed by atoms with Crippen LogP contribution in [0.5, 0.6) is 0 Å². The first kappa shape index (κ1) is 8.19. The van der Waals surface area contributed by atoms with E-state index in [4.69, 9.17) is 11.6 Å². The summed E-state index contributed by atoms with van der Waals surface area (Å²) in [6.07, 6.45) is 3.31. The molecule has 0 aliphatic heterocycles. The average molecular weight is 195 g/mol. The molecule has 66 valence electrons. The first-order chi connectivity index (χ1) is 6.27. The van der Waals surface area contributed by atoms with E-state index in [9.17, 15) is 0 Å². The number of aromatic nitrogens is 4. The topological polar surface area (TPSA) is 43.6 Å². The Balaban J connectivity index is 2.52. The predicted molar refractivity (Wildman–Crippen MR) is 48.9 cm³/mol. The molecule has 2 heterocycles. The highest BCUT2D eigenvalue weighted by atomic mass is 35.5. The Kier molecular flexibility index (Phi) is 1.98. The second kappa shape index (κ2) is 3.14. The van der Waals surface area contributed by atoms with E-state index in [1.165, 1.54) is 4.80 Å². The molecule has 5 heteroatoms. The van der Waals surface area contributed by atoms with Gasteiger partial charge in [-0.3, -0.25) is 0 Å². The zero-order chi connectivity index (χ0) is 9.26. The monoisotopic (exact) mass is 194 g/mol. The molecule has 0 bridgehead atoms. The van der Waals surface area contributed by atoms with Crippen LogP contribution in [0.3, 0.4) is 0 Å². The van der Waals surface area contributed by atoms with Crippen LogP contribution in [-0.4, -0.2) is 20.0 Å². The Morgan fingerprint density at radius 2 is 2.31 bits per heavy atom. The highest BCUT2D eigenvalue weighted by molar-refractivity contribution is 6.32. The van der Waals surface area contributed by atoms with E-state index in [0.29, 0.717) is 10.8 Å². The molecule has 0 saturated carbocycles. The number of hydrogen-bond donors (Lipinski definition) is 0. The minimum atomic E-state index is 0.540. The van der Waals surface area contributed by atoms with Gasteiger partial charge in [-0.1, -0.05) is 11.6 Å². The van der Waals surface area contributed by atoms with Crippen LogP contribution < -0.4 is 0 Å². The van der Waals surface area contributed by atoms with Crippen LogP contribution in [0, 0.1) is 6.92 Å². The number of aryl methyl sites for hydroxylation is 1. The third-order valence-corrected chi connectivity index (χ3v) is 1.83. The van der Waals surface area contributed by atoms with Crippen molar-refractivity contribution in [2.45, 2.75) is 6.92 Å². The fourth-order valence-corrected chi connectivity index (χ4v) is 1.16. The van der Waals surface area contributed by atoms with Gasteiger partial charge in [0, 0.05) is 6.20 Å². The molecular formula is C8H7ClN4. The molecule has 0 atom stereocenters. The zero-order valence-electron chi connectivity index (χ0n) is 6.98. The van der Waals surface area contributed by atoms with Gasteiger partial charge in [-0.2, -0.15) is 10.2 Å². The first-order valence-electron chi connectivity index (χ1n) is 3.77. The Bertz CT molecular complexity index is 424. The number of hydrogen-bond acceptors (Lipinski definition) is 3. The summed E-state index contributed by atoms with van der Waals surface area (Å²) >= 11 is 5.90. The zero-order valence-corrected chi connectivity index (χ0v) is 7.73. The fourth-order valence-electron chi connectivity index (χ4n) is 0.966. The van der Waals surface area contributed by atoms with Crippen LogP contribution in [-0.2, 0) is 0 Å². The number of rotatable bonds is 1. The van der Waals surface area contributed by atoms with E-state index in [2.05, 4.69) is 15.2 Å². The van der Waals surface area contributed by atoms with Gasteiger partial charge in [0.25, 0.3) is 0 Å². The smallest absolute Gasteiger partial charge is 0.193 e. The van der Waals surface area contributed by atoms with E-state index < -0.39 is 0 Å². The molecule has 2 rings (SSSR count). The van der Waals surface area contributed by atoms with Gasteiger partial charge >= 0.3 is 0 Å². The summed E-state index contributed by atoms with van der Waals surface area (Å²) in [6.45, 7) is 1.86. The van der Waals surface area contributed by atoms with Crippen molar-refractivity contribution in [3.8, 4) is 5.82 Å². The van der Waals surface area contributed by atoms with Crippen molar-refractivity contribution in [2.75, 3.05) is 0 Å². The molecule has 4 nitrogen and oxygen atoms in total. The molecule has 0 unspecified atom stereocenters. The molecule has 0 aliphatic carbocycles. The highest BCUT2D eigenvalue weighted by Crippen LogP contribution is 2.14. The normalized spacial score (nSPS) is 10.3. The van der Waals surface area contributed by atoms with Crippen molar-refractivity contribution in [1.82, 2.24) is 20.0 Å². The third-order valence-electron chi connectivity index (χ3n) is 1.53. The molecule has 0 saturated heterocycles. The second-order valence-corrected chi connectivity index (χ2v) is 2.99. The number of pyridine rings is 1. The van der Waals surface area contributed by atoms with E-state index >= 15 is 0 Å². The molecule has 0 aromatic carbocycles. The maximum absolute atomic E-state index is 5.90. The van der Waals surface area contributed by atoms with Gasteiger partial charge in [0.1, 0.15) is 0 Å². The van der Waals surface area contributed by atoms with Gasteiger partial charge < -0.3 is 0 Å². The minimum Gasteiger partial charge on any atom is -0.234 e. The second-order valence-electron chi connectivity index (χ2n) is 2.58. The molecule has 0 fully saturated rings. The molecule has 0 aliphatic rings. The van der Waals surface area contributed by atoms with Gasteiger partial charge in [0.2, 0.25) is 0 Å². The summed E-state index contributed by atoms with van der Waals surface area (Å²) in [4.78, 5) is 5.48. The lowest BCUT2D eigenvalue weighted by molar-refractivity contribution is 0.724. The lowest BCUT2D eigenvalue weighted by atomic mass is 10.5. The Morgan fingerprint density at radius 3 is 2.92 bits per heavy atom. The Hall–Kier alpha value is -1.42. The standard InChI is InChI=1S/C8H7ClN4/c1-6-5-11-13(12-6)8-7(9)3-2-4-10-8/h2-5H,1H3. The van der Waals surface area contributed by atoms with Crippen molar-refractivity contribution in [2.24, 2.45) is 0 Å². The van der Waals surface area contributed by atoms with Gasteiger partial charge in [0.05, 0.1) is 16.9 Å². The lowest BCUT2D eigenvalue weighted by Crippen LogP contribution is -2.01. The first-order valence-corrected chi connectivity index (χ1v) is 4.15. The minimum absolute atomic E-state index is 0.540. The quantitative estimate of drug-likeness (QED) is 0.693.